The molecule has 2 N–H and O–H groups in total. The van der Waals surface area contributed by atoms with Gasteiger partial charge in [0.05, 0.1) is 18.3 Å². The molecule has 0 radical (unpaired) electrons. The molecule has 208 valence electrons. The largest absolute Gasteiger partial charge is 0.491 e. The Hall–Kier alpha value is -3.34. The molecule has 0 amide bonds. The fourth-order valence-corrected chi connectivity index (χ4v) is 5.35. The number of aromatic nitrogens is 2. The number of hydrogen-bond donors (Lipinski definition) is 1. The van der Waals surface area contributed by atoms with Crippen LogP contribution in [0.3, 0.4) is 0 Å². The fourth-order valence-electron chi connectivity index (χ4n) is 5.35. The number of benzene rings is 1. The van der Waals surface area contributed by atoms with Gasteiger partial charge in [-0.05, 0) is 54.0 Å². The fraction of sp³-hybridized carbons (Fsp3) is 0.414. The molecule has 0 unspecified atom stereocenters. The van der Waals surface area contributed by atoms with E-state index < -0.39 is 34.5 Å². The lowest BCUT2D eigenvalue weighted by Crippen LogP contribution is -2.45. The lowest BCUT2D eigenvalue weighted by atomic mass is 9.73. The third-order valence-corrected chi connectivity index (χ3v) is 7.14. The van der Waals surface area contributed by atoms with Crippen LogP contribution in [-0.4, -0.2) is 55.3 Å². The van der Waals surface area contributed by atoms with Crippen molar-refractivity contribution in [2.75, 3.05) is 27.4 Å². The van der Waals surface area contributed by atoms with Gasteiger partial charge in [-0.1, -0.05) is 6.92 Å². The molecular weight excluding hydrogens is 511 g/mol. The highest BCUT2D eigenvalue weighted by Gasteiger charge is 2.35. The van der Waals surface area contributed by atoms with Gasteiger partial charge in [-0.25, -0.2) is 18.2 Å². The van der Waals surface area contributed by atoms with Crippen LogP contribution in [0.15, 0.2) is 42.7 Å². The third-order valence-electron chi connectivity index (χ3n) is 7.14. The Kier molecular flexibility index (Phi) is 9.32. The minimum absolute atomic E-state index is 0.0400. The predicted molar refractivity (Wildman–Crippen MR) is 139 cm³/mol. The summed E-state index contributed by atoms with van der Waals surface area (Å²) in [5, 5.41) is 0. The van der Waals surface area contributed by atoms with Crippen LogP contribution in [0, 0.1) is 23.4 Å². The normalized spacial score (nSPS) is 21.1. The van der Waals surface area contributed by atoms with E-state index in [4.69, 9.17) is 19.9 Å². The Balaban J connectivity index is 1.58. The van der Waals surface area contributed by atoms with Crippen molar-refractivity contribution < 1.29 is 32.2 Å². The number of rotatable bonds is 10. The minimum atomic E-state index is -1.06. The average molecular weight is 544 g/mol. The highest BCUT2D eigenvalue weighted by molar-refractivity contribution is 5.96. The molecule has 2 heterocycles. The number of ketones is 1. The molecule has 39 heavy (non-hydrogen) atoms. The van der Waals surface area contributed by atoms with E-state index in [-0.39, 0.29) is 55.1 Å². The van der Waals surface area contributed by atoms with Crippen molar-refractivity contribution in [3.63, 3.8) is 0 Å². The molecule has 2 aromatic heterocycles. The molecule has 4 atom stereocenters. The number of carbonyl (C=O) groups is 1. The molecule has 1 saturated carbocycles. The summed E-state index contributed by atoms with van der Waals surface area (Å²) in [7, 11) is 3.12. The van der Waals surface area contributed by atoms with Crippen molar-refractivity contribution in [3.05, 3.63) is 77.0 Å². The van der Waals surface area contributed by atoms with Gasteiger partial charge < -0.3 is 19.9 Å². The molecular formula is C29H32F3N3O4. The number of ether oxygens (including phenoxy) is 3. The number of carbonyl (C=O) groups excluding carboxylic acids is 1. The molecule has 0 bridgehead atoms. The Morgan fingerprint density at radius 2 is 1.79 bits per heavy atom. The van der Waals surface area contributed by atoms with Gasteiger partial charge in [0.25, 0.3) is 0 Å². The van der Waals surface area contributed by atoms with E-state index >= 15 is 0 Å². The van der Waals surface area contributed by atoms with Crippen molar-refractivity contribution in [2.24, 2.45) is 11.7 Å². The molecule has 1 fully saturated rings. The second-order valence-electron chi connectivity index (χ2n) is 9.81. The summed E-state index contributed by atoms with van der Waals surface area (Å²) in [4.78, 5) is 21.5. The minimum Gasteiger partial charge on any atom is -0.491 e. The maximum Gasteiger partial charge on any atom is 0.185 e. The number of hydrogen-bond acceptors (Lipinski definition) is 7. The Morgan fingerprint density at radius 3 is 2.46 bits per heavy atom. The van der Waals surface area contributed by atoms with Crippen LogP contribution in [-0.2, 0) is 15.9 Å². The van der Waals surface area contributed by atoms with Crippen LogP contribution in [0.1, 0.15) is 47.3 Å². The lowest BCUT2D eigenvalue weighted by molar-refractivity contribution is 0.00970. The van der Waals surface area contributed by atoms with E-state index in [2.05, 4.69) is 16.9 Å². The van der Waals surface area contributed by atoms with Gasteiger partial charge in [0.15, 0.2) is 5.78 Å². The highest BCUT2D eigenvalue weighted by Crippen LogP contribution is 2.38. The van der Waals surface area contributed by atoms with Crippen molar-refractivity contribution in [3.8, 4) is 17.0 Å². The number of Topliss-reactive ketones (excluding diaryl/α,β-unsaturated/α-hetero) is 1. The molecule has 3 aromatic rings. The van der Waals surface area contributed by atoms with Gasteiger partial charge >= 0.3 is 0 Å². The van der Waals surface area contributed by atoms with E-state index in [0.717, 1.165) is 30.2 Å². The lowest BCUT2D eigenvalue weighted by Gasteiger charge is -2.38. The predicted octanol–water partition coefficient (Wildman–Crippen LogP) is 4.87. The van der Waals surface area contributed by atoms with Crippen LogP contribution in [0.25, 0.3) is 11.3 Å². The van der Waals surface area contributed by atoms with Crippen molar-refractivity contribution >= 4 is 5.78 Å². The number of pyridine rings is 2. The first-order valence-electron chi connectivity index (χ1n) is 12.8. The van der Waals surface area contributed by atoms with Crippen molar-refractivity contribution in [1.82, 2.24) is 9.97 Å². The average Bonchev–Trinajstić information content (AvgIpc) is 2.89. The summed E-state index contributed by atoms with van der Waals surface area (Å²) in [6.07, 6.45) is 4.72. The van der Waals surface area contributed by atoms with Gasteiger partial charge in [-0.15, -0.1) is 0 Å². The van der Waals surface area contributed by atoms with Crippen LogP contribution >= 0.6 is 0 Å². The standard InChI is InChI=1S/C29H32F3N3O4/c1-16-10-17(11-24(33)29(16)38-3)20-6-7-34-15-18(20)12-26(36)25-5-4-21(30)28(35-25)27-22(31)13-19(14-23(27)32)39-9-8-37-2/h4-7,13-17,24,29H,8-12,33H2,1-3H3/t16-,17+,24+,29-/m0/s1. The topological polar surface area (TPSA) is 96.6 Å². The third kappa shape index (κ3) is 6.46. The maximum absolute atomic E-state index is 14.9. The summed E-state index contributed by atoms with van der Waals surface area (Å²) in [5.74, 6) is -3.27. The molecule has 1 aromatic carbocycles. The number of nitrogens with zero attached hydrogens (tertiary/aromatic N) is 2. The molecule has 4 rings (SSSR count). The van der Waals surface area contributed by atoms with E-state index in [9.17, 15) is 18.0 Å². The summed E-state index contributed by atoms with van der Waals surface area (Å²) in [6.45, 7) is 2.40. The van der Waals surface area contributed by atoms with Crippen LogP contribution < -0.4 is 10.5 Å². The smallest absolute Gasteiger partial charge is 0.185 e. The van der Waals surface area contributed by atoms with E-state index in [1.165, 1.54) is 13.2 Å². The quantitative estimate of drug-likeness (QED) is 0.288. The van der Waals surface area contributed by atoms with E-state index in [1.807, 2.05) is 6.07 Å². The van der Waals surface area contributed by atoms with Gasteiger partial charge in [0.1, 0.15) is 41.2 Å². The monoisotopic (exact) mass is 543 g/mol. The first-order chi connectivity index (χ1) is 18.7. The molecule has 1 aliphatic carbocycles. The molecule has 7 nitrogen and oxygen atoms in total. The first-order valence-corrected chi connectivity index (χ1v) is 12.8. The molecule has 0 saturated heterocycles. The molecule has 10 heteroatoms. The number of nitrogens with two attached hydrogens (primary N) is 1. The van der Waals surface area contributed by atoms with Crippen molar-refractivity contribution in [2.45, 2.75) is 44.2 Å². The number of halogens is 3. The summed E-state index contributed by atoms with van der Waals surface area (Å²) < 4.78 is 60.1. The Labute approximate surface area is 225 Å². The second kappa shape index (κ2) is 12.7. The highest BCUT2D eigenvalue weighted by atomic mass is 19.1. The van der Waals surface area contributed by atoms with E-state index in [1.54, 1.807) is 19.5 Å². The maximum atomic E-state index is 14.9. The van der Waals surface area contributed by atoms with Gasteiger partial charge in [0.2, 0.25) is 0 Å². The van der Waals surface area contributed by atoms with Gasteiger partial charge in [-0.3, -0.25) is 9.78 Å². The van der Waals surface area contributed by atoms with E-state index in [0.29, 0.717) is 12.0 Å². The summed E-state index contributed by atoms with van der Waals surface area (Å²) >= 11 is 0. The Bertz CT molecular complexity index is 1290. The zero-order valence-electron chi connectivity index (χ0n) is 22.1. The molecule has 1 aliphatic rings. The zero-order chi connectivity index (χ0) is 28.1. The zero-order valence-corrected chi connectivity index (χ0v) is 22.1. The van der Waals surface area contributed by atoms with Crippen molar-refractivity contribution in [1.29, 1.82) is 0 Å². The van der Waals surface area contributed by atoms with Crippen LogP contribution in [0.5, 0.6) is 5.75 Å². The number of methoxy groups -OCH3 is 2. The van der Waals surface area contributed by atoms with Gasteiger partial charge in [-0.2, -0.15) is 0 Å². The summed E-state index contributed by atoms with van der Waals surface area (Å²) in [6, 6.07) is 5.80. The summed E-state index contributed by atoms with van der Waals surface area (Å²) in [5.41, 5.74) is 6.64. The SMILES string of the molecule is COCCOc1cc(F)c(-c2nc(C(=O)Cc3cnccc3[C@H]3C[C@@H](N)[C@@H](OC)[C@@H](C)C3)ccc2F)c(F)c1. The van der Waals surface area contributed by atoms with Crippen LogP contribution in [0.4, 0.5) is 13.2 Å². The van der Waals surface area contributed by atoms with Gasteiger partial charge in [0, 0.05) is 51.2 Å². The van der Waals surface area contributed by atoms with Crippen LogP contribution in [0.2, 0.25) is 0 Å². The Morgan fingerprint density at radius 1 is 1.05 bits per heavy atom. The molecule has 0 aliphatic heterocycles. The second-order valence-corrected chi connectivity index (χ2v) is 9.81. The first kappa shape index (κ1) is 28.7. The molecule has 0 spiro atoms.